The van der Waals surface area contributed by atoms with Gasteiger partial charge in [0.2, 0.25) is 18.3 Å². The third kappa shape index (κ3) is 1.94. The highest BCUT2D eigenvalue weighted by molar-refractivity contribution is 5.83. The van der Waals surface area contributed by atoms with Crippen LogP contribution in [0.5, 0.6) is 23.0 Å². The number of oxime groups is 1. The minimum Gasteiger partial charge on any atom is -0.493 e. The van der Waals surface area contributed by atoms with E-state index in [-0.39, 0.29) is 19.0 Å². The summed E-state index contributed by atoms with van der Waals surface area (Å²) in [6, 6.07) is 1.71. The van der Waals surface area contributed by atoms with E-state index < -0.39 is 0 Å². The standard InChI is InChI=1S/C11H14N2O5/c1-15-7-3-6(4-8(12)13-14)9(16-2)11-10(7)17-5-18-11/h3,14H,4-5H2,1-2H3,(H2,12,13). The summed E-state index contributed by atoms with van der Waals surface area (Å²) in [5, 5.41) is 11.5. The summed E-state index contributed by atoms with van der Waals surface area (Å²) in [6.07, 6.45) is 0.215. The Bertz CT molecular complexity index is 487. The van der Waals surface area contributed by atoms with E-state index in [1.54, 1.807) is 6.07 Å². The van der Waals surface area contributed by atoms with Gasteiger partial charge in [-0.05, 0) is 6.07 Å². The Kier molecular flexibility index (Phi) is 3.31. The molecule has 0 saturated heterocycles. The molecule has 0 saturated carbocycles. The summed E-state index contributed by atoms with van der Waals surface area (Å²) < 4.78 is 21.1. The number of rotatable bonds is 4. The molecule has 7 nitrogen and oxygen atoms in total. The number of methoxy groups -OCH3 is 2. The normalized spacial score (nSPS) is 13.6. The first-order chi connectivity index (χ1) is 8.71. The van der Waals surface area contributed by atoms with E-state index in [0.717, 1.165) is 0 Å². The molecule has 98 valence electrons. The maximum atomic E-state index is 8.61. The van der Waals surface area contributed by atoms with Crippen molar-refractivity contribution < 1.29 is 24.2 Å². The van der Waals surface area contributed by atoms with Gasteiger partial charge in [0.05, 0.1) is 14.2 Å². The van der Waals surface area contributed by atoms with Gasteiger partial charge in [-0.15, -0.1) is 0 Å². The Morgan fingerprint density at radius 3 is 2.72 bits per heavy atom. The van der Waals surface area contributed by atoms with Crippen LogP contribution >= 0.6 is 0 Å². The Labute approximate surface area is 104 Å². The smallest absolute Gasteiger partial charge is 0.231 e. The van der Waals surface area contributed by atoms with Crippen LogP contribution in [0.3, 0.4) is 0 Å². The molecule has 0 atom stereocenters. The van der Waals surface area contributed by atoms with E-state index in [0.29, 0.717) is 28.6 Å². The van der Waals surface area contributed by atoms with Crippen LogP contribution in [0.2, 0.25) is 0 Å². The van der Waals surface area contributed by atoms with Gasteiger partial charge in [-0.25, -0.2) is 0 Å². The molecule has 1 aromatic carbocycles. The first-order valence-corrected chi connectivity index (χ1v) is 5.21. The lowest BCUT2D eigenvalue weighted by Crippen LogP contribution is -2.15. The molecule has 0 radical (unpaired) electrons. The zero-order valence-corrected chi connectivity index (χ0v) is 10.1. The highest BCUT2D eigenvalue weighted by atomic mass is 16.7. The number of benzene rings is 1. The van der Waals surface area contributed by atoms with E-state index in [9.17, 15) is 0 Å². The first-order valence-electron chi connectivity index (χ1n) is 5.21. The molecule has 1 aliphatic heterocycles. The second-order valence-corrected chi connectivity index (χ2v) is 3.60. The van der Waals surface area contributed by atoms with Gasteiger partial charge >= 0.3 is 0 Å². The third-order valence-electron chi connectivity index (χ3n) is 2.56. The lowest BCUT2D eigenvalue weighted by atomic mass is 10.1. The van der Waals surface area contributed by atoms with Gasteiger partial charge in [0, 0.05) is 12.0 Å². The number of hydrogen-bond donors (Lipinski definition) is 2. The predicted octanol–water partition coefficient (Wildman–Crippen LogP) is 0.721. The van der Waals surface area contributed by atoms with E-state index >= 15 is 0 Å². The van der Waals surface area contributed by atoms with Crippen molar-refractivity contribution in [3.8, 4) is 23.0 Å². The molecule has 2 rings (SSSR count). The number of amidine groups is 1. The van der Waals surface area contributed by atoms with Crippen molar-refractivity contribution in [3.63, 3.8) is 0 Å². The van der Waals surface area contributed by atoms with Crippen molar-refractivity contribution in [2.75, 3.05) is 21.0 Å². The summed E-state index contributed by atoms with van der Waals surface area (Å²) in [6.45, 7) is 0.106. The van der Waals surface area contributed by atoms with Crippen LogP contribution in [-0.2, 0) is 6.42 Å². The van der Waals surface area contributed by atoms with Crippen LogP contribution in [-0.4, -0.2) is 32.1 Å². The molecule has 0 bridgehead atoms. The second-order valence-electron chi connectivity index (χ2n) is 3.60. The van der Waals surface area contributed by atoms with Crippen molar-refractivity contribution in [1.29, 1.82) is 0 Å². The Morgan fingerprint density at radius 2 is 2.11 bits per heavy atom. The fourth-order valence-electron chi connectivity index (χ4n) is 1.80. The topological polar surface area (TPSA) is 95.5 Å². The predicted molar refractivity (Wildman–Crippen MR) is 62.8 cm³/mol. The number of nitrogens with zero attached hydrogens (tertiary/aromatic N) is 1. The molecule has 0 aliphatic carbocycles. The molecule has 0 spiro atoms. The summed E-state index contributed by atoms with van der Waals surface area (Å²) in [4.78, 5) is 0. The van der Waals surface area contributed by atoms with E-state index in [1.807, 2.05) is 0 Å². The monoisotopic (exact) mass is 254 g/mol. The van der Waals surface area contributed by atoms with Gasteiger partial charge in [0.1, 0.15) is 5.84 Å². The van der Waals surface area contributed by atoms with Gasteiger partial charge in [-0.3, -0.25) is 0 Å². The SMILES string of the molecule is COc1cc(C/C(N)=N\O)c(OC)c2c1OCO2. The van der Waals surface area contributed by atoms with Crippen molar-refractivity contribution >= 4 is 5.84 Å². The van der Waals surface area contributed by atoms with Crippen LogP contribution in [0.4, 0.5) is 0 Å². The average Bonchev–Trinajstić information content (AvgIpc) is 2.86. The highest BCUT2D eigenvalue weighted by Gasteiger charge is 2.27. The average molecular weight is 254 g/mol. The molecular weight excluding hydrogens is 240 g/mol. The summed E-state index contributed by atoms with van der Waals surface area (Å²) >= 11 is 0. The second kappa shape index (κ2) is 4.91. The molecule has 7 heteroatoms. The third-order valence-corrected chi connectivity index (χ3v) is 2.56. The maximum Gasteiger partial charge on any atom is 0.231 e. The number of nitrogens with two attached hydrogens (primary N) is 1. The fraction of sp³-hybridized carbons (Fsp3) is 0.364. The van der Waals surface area contributed by atoms with E-state index in [4.69, 9.17) is 29.9 Å². The molecule has 3 N–H and O–H groups in total. The summed E-state index contributed by atoms with van der Waals surface area (Å²) in [5.74, 6) is 2.04. The lowest BCUT2D eigenvalue weighted by Gasteiger charge is -2.13. The first kappa shape index (κ1) is 12.2. The molecule has 18 heavy (non-hydrogen) atoms. The van der Waals surface area contributed by atoms with Gasteiger partial charge in [-0.2, -0.15) is 0 Å². The Balaban J connectivity index is 2.51. The minimum atomic E-state index is 0.0641. The van der Waals surface area contributed by atoms with Gasteiger partial charge < -0.3 is 29.9 Å². The molecule has 1 aliphatic rings. The van der Waals surface area contributed by atoms with Crippen LogP contribution in [0, 0.1) is 0 Å². The Morgan fingerprint density at radius 1 is 1.39 bits per heavy atom. The number of fused-ring (bicyclic) bond motifs is 1. The molecule has 0 amide bonds. The molecule has 0 fully saturated rings. The highest BCUT2D eigenvalue weighted by Crippen LogP contribution is 2.49. The Hall–Kier alpha value is -2.31. The van der Waals surface area contributed by atoms with Crippen molar-refractivity contribution in [2.24, 2.45) is 10.9 Å². The lowest BCUT2D eigenvalue weighted by molar-refractivity contribution is 0.168. The largest absolute Gasteiger partial charge is 0.493 e. The number of hydrogen-bond acceptors (Lipinski definition) is 6. The van der Waals surface area contributed by atoms with Crippen molar-refractivity contribution in [3.05, 3.63) is 11.6 Å². The van der Waals surface area contributed by atoms with Crippen LogP contribution in [0.15, 0.2) is 11.2 Å². The molecule has 0 unspecified atom stereocenters. The summed E-state index contributed by atoms with van der Waals surface area (Å²) in [7, 11) is 3.04. The van der Waals surface area contributed by atoms with Crippen LogP contribution in [0.25, 0.3) is 0 Å². The van der Waals surface area contributed by atoms with E-state index in [2.05, 4.69) is 5.16 Å². The zero-order valence-electron chi connectivity index (χ0n) is 10.1. The van der Waals surface area contributed by atoms with Crippen LogP contribution < -0.4 is 24.7 Å². The molecule has 1 aromatic rings. The van der Waals surface area contributed by atoms with Gasteiger partial charge in [-0.1, -0.05) is 5.16 Å². The molecule has 1 heterocycles. The number of ether oxygens (including phenoxy) is 4. The quantitative estimate of drug-likeness (QED) is 0.356. The van der Waals surface area contributed by atoms with Crippen molar-refractivity contribution in [2.45, 2.75) is 6.42 Å². The zero-order chi connectivity index (χ0) is 13.1. The maximum absolute atomic E-state index is 8.61. The molecular formula is C11H14N2O5. The van der Waals surface area contributed by atoms with Crippen LogP contribution in [0.1, 0.15) is 5.56 Å². The van der Waals surface area contributed by atoms with Gasteiger partial charge in [0.15, 0.2) is 11.5 Å². The fourth-order valence-corrected chi connectivity index (χ4v) is 1.80. The molecule has 0 aromatic heterocycles. The van der Waals surface area contributed by atoms with Gasteiger partial charge in [0.25, 0.3) is 0 Å². The minimum absolute atomic E-state index is 0.0641. The summed E-state index contributed by atoms with van der Waals surface area (Å²) in [5.41, 5.74) is 6.19. The van der Waals surface area contributed by atoms with E-state index in [1.165, 1.54) is 14.2 Å². The van der Waals surface area contributed by atoms with Crippen molar-refractivity contribution in [1.82, 2.24) is 0 Å².